The van der Waals surface area contributed by atoms with Gasteiger partial charge in [-0.25, -0.2) is 10.2 Å². The Hall–Kier alpha value is -3.95. The highest BCUT2D eigenvalue weighted by atomic mass is 16.6. The standard InChI is InChI=1S/C34H63N7O7.C7H13N.C2H6/c1-24(42)21-39-28(46)34(10,32(7,8)33(9,23-36)17-16-25(43)37-20-14-18-35)22-31(5,6)27(45)38-19-13-11-12-15-26(44)40-41-29(47)48-30(2,3)4;1-6(2)7(3,4)5-8;1-2/h24,42H,11-22,35H2,1-10H3,(H,37,43)(H,38,45)(H,39,46)(H,40,44)(H,41,47);6H,1-4H3;1-2H3. The van der Waals surface area contributed by atoms with Crippen LogP contribution < -0.4 is 32.5 Å². The van der Waals surface area contributed by atoms with Crippen molar-refractivity contribution >= 4 is 29.7 Å². The number of rotatable bonds is 21. The van der Waals surface area contributed by atoms with Crippen LogP contribution in [0, 0.1) is 55.7 Å². The molecule has 0 bridgehead atoms. The number of unbranched alkanes of at least 4 members (excludes halogenated alkanes) is 2. The number of nitriles is 2. The second-order valence-electron chi connectivity index (χ2n) is 18.2. The molecule has 0 saturated carbocycles. The minimum Gasteiger partial charge on any atom is -0.443 e. The second kappa shape index (κ2) is 26.9. The maximum atomic E-state index is 13.9. The number of nitrogens with one attached hydrogen (secondary N) is 5. The number of hydrogen-bond donors (Lipinski definition) is 7. The third-order valence-corrected chi connectivity index (χ3v) is 10.8. The third-order valence-electron chi connectivity index (χ3n) is 10.8. The molecule has 336 valence electrons. The van der Waals surface area contributed by atoms with Crippen molar-refractivity contribution in [3.63, 3.8) is 0 Å². The summed E-state index contributed by atoms with van der Waals surface area (Å²) in [4.78, 5) is 63.6. The van der Waals surface area contributed by atoms with Crippen molar-refractivity contribution in [3.8, 4) is 12.1 Å². The summed E-state index contributed by atoms with van der Waals surface area (Å²) in [6.07, 6.45) is 1.39. The molecule has 0 fully saturated rings. The van der Waals surface area contributed by atoms with Crippen LogP contribution >= 0.6 is 0 Å². The SMILES string of the molecule is CC.CC(C)C(C)(C)C#N.CC(O)CNC(=O)C(C)(CC(C)(C)C(=O)NCCCCCC(=O)NNC(=O)OC(C)(C)C)C(C)(C)C(C)(C#N)CCC(=O)NCCCN. The first-order valence-electron chi connectivity index (χ1n) is 20.8. The maximum Gasteiger partial charge on any atom is 0.426 e. The fourth-order valence-corrected chi connectivity index (χ4v) is 5.53. The number of hydrazine groups is 1. The summed E-state index contributed by atoms with van der Waals surface area (Å²) in [6.45, 7) is 30.6. The summed E-state index contributed by atoms with van der Waals surface area (Å²) in [6, 6.07) is 4.62. The molecule has 5 amide bonds. The van der Waals surface area contributed by atoms with Crippen LogP contribution in [0.3, 0.4) is 0 Å². The van der Waals surface area contributed by atoms with E-state index < -0.39 is 45.4 Å². The van der Waals surface area contributed by atoms with E-state index in [9.17, 15) is 34.3 Å². The van der Waals surface area contributed by atoms with Crippen LogP contribution in [0.2, 0.25) is 0 Å². The molecule has 15 heteroatoms. The van der Waals surface area contributed by atoms with Crippen molar-refractivity contribution < 1.29 is 33.8 Å². The van der Waals surface area contributed by atoms with Gasteiger partial charge in [-0.05, 0) is 98.4 Å². The summed E-state index contributed by atoms with van der Waals surface area (Å²) >= 11 is 0. The smallest absolute Gasteiger partial charge is 0.426 e. The van der Waals surface area contributed by atoms with Gasteiger partial charge in [0.1, 0.15) is 5.60 Å². The highest BCUT2D eigenvalue weighted by Gasteiger charge is 2.59. The number of aliphatic hydroxyl groups excluding tert-OH is 1. The Morgan fingerprint density at radius 3 is 1.71 bits per heavy atom. The Morgan fingerprint density at radius 2 is 1.26 bits per heavy atom. The van der Waals surface area contributed by atoms with E-state index in [0.717, 1.165) is 0 Å². The van der Waals surface area contributed by atoms with Gasteiger partial charge >= 0.3 is 6.09 Å². The largest absolute Gasteiger partial charge is 0.443 e. The van der Waals surface area contributed by atoms with Gasteiger partial charge in [-0.1, -0.05) is 68.7 Å². The second-order valence-corrected chi connectivity index (χ2v) is 18.2. The first kappa shape index (κ1) is 58.4. The van der Waals surface area contributed by atoms with Crippen LogP contribution in [0.4, 0.5) is 4.79 Å². The molecule has 3 unspecified atom stereocenters. The molecule has 3 atom stereocenters. The number of nitrogens with two attached hydrogens (primary N) is 1. The first-order chi connectivity index (χ1) is 26.5. The average molecular weight is 823 g/mol. The van der Waals surface area contributed by atoms with Crippen molar-refractivity contribution in [2.24, 2.45) is 38.7 Å². The Balaban J connectivity index is -0.00000267. The van der Waals surface area contributed by atoms with E-state index in [0.29, 0.717) is 51.2 Å². The monoisotopic (exact) mass is 823 g/mol. The molecule has 0 spiro atoms. The predicted molar refractivity (Wildman–Crippen MR) is 229 cm³/mol. The van der Waals surface area contributed by atoms with E-state index in [4.69, 9.17) is 15.7 Å². The molecule has 0 aliphatic rings. The van der Waals surface area contributed by atoms with Crippen LogP contribution in [0.15, 0.2) is 0 Å². The number of ether oxygens (including phenoxy) is 1. The summed E-state index contributed by atoms with van der Waals surface area (Å²) < 4.78 is 5.07. The summed E-state index contributed by atoms with van der Waals surface area (Å²) in [5.41, 5.74) is 4.69. The van der Waals surface area contributed by atoms with Crippen molar-refractivity contribution in [1.29, 1.82) is 10.5 Å². The third kappa shape index (κ3) is 21.7. The molecule has 0 rings (SSSR count). The van der Waals surface area contributed by atoms with Gasteiger partial charge in [0.2, 0.25) is 23.6 Å². The van der Waals surface area contributed by atoms with Gasteiger partial charge in [0.25, 0.3) is 0 Å². The van der Waals surface area contributed by atoms with Crippen molar-refractivity contribution in [2.75, 3.05) is 26.2 Å². The van der Waals surface area contributed by atoms with Crippen LogP contribution in [-0.4, -0.2) is 72.7 Å². The van der Waals surface area contributed by atoms with Gasteiger partial charge in [0.15, 0.2) is 0 Å². The molecular weight excluding hydrogens is 741 g/mol. The van der Waals surface area contributed by atoms with Crippen LogP contribution in [-0.2, 0) is 23.9 Å². The lowest BCUT2D eigenvalue weighted by Crippen LogP contribution is -2.58. The van der Waals surface area contributed by atoms with E-state index in [1.807, 2.05) is 41.5 Å². The molecule has 0 aromatic carbocycles. The molecule has 0 aromatic rings. The minimum absolute atomic E-state index is 0.000959. The zero-order valence-electron chi connectivity index (χ0n) is 39.0. The van der Waals surface area contributed by atoms with Crippen LogP contribution in [0.5, 0.6) is 0 Å². The van der Waals surface area contributed by atoms with Gasteiger partial charge in [-0.15, -0.1) is 0 Å². The maximum absolute atomic E-state index is 13.9. The fourth-order valence-electron chi connectivity index (χ4n) is 5.53. The Bertz CT molecular complexity index is 1360. The average Bonchev–Trinajstić information content (AvgIpc) is 3.13. The zero-order valence-corrected chi connectivity index (χ0v) is 39.0. The van der Waals surface area contributed by atoms with Gasteiger partial charge in [-0.3, -0.25) is 24.6 Å². The predicted octanol–water partition coefficient (Wildman–Crippen LogP) is 6.16. The number of amides is 5. The molecule has 0 saturated heterocycles. The van der Waals surface area contributed by atoms with Gasteiger partial charge in [0, 0.05) is 37.9 Å². The van der Waals surface area contributed by atoms with Crippen molar-refractivity contribution in [2.45, 2.75) is 174 Å². The van der Waals surface area contributed by atoms with Gasteiger partial charge < -0.3 is 31.5 Å². The lowest BCUT2D eigenvalue weighted by Gasteiger charge is -2.53. The molecule has 0 radical (unpaired) electrons. The summed E-state index contributed by atoms with van der Waals surface area (Å²) in [5.74, 6) is -0.794. The van der Waals surface area contributed by atoms with Gasteiger partial charge in [0.05, 0.1) is 34.5 Å². The van der Waals surface area contributed by atoms with Gasteiger partial charge in [-0.2, -0.15) is 10.5 Å². The Kier molecular flexibility index (Phi) is 27.1. The van der Waals surface area contributed by atoms with E-state index >= 15 is 0 Å². The summed E-state index contributed by atoms with van der Waals surface area (Å²) in [5, 5.41) is 37.4. The molecule has 0 aromatic heterocycles. The molecule has 15 nitrogen and oxygen atoms in total. The summed E-state index contributed by atoms with van der Waals surface area (Å²) in [7, 11) is 0. The Morgan fingerprint density at radius 1 is 0.707 bits per heavy atom. The quantitative estimate of drug-likeness (QED) is 0.0513. The minimum atomic E-state index is -1.27. The first-order valence-corrected chi connectivity index (χ1v) is 20.8. The number of carbonyl (C=O) groups is 5. The normalized spacial score (nSPS) is 14.2. The number of carbonyl (C=O) groups excluding carboxylic acids is 5. The molecule has 58 heavy (non-hydrogen) atoms. The van der Waals surface area contributed by atoms with E-state index in [-0.39, 0.29) is 55.4 Å². The molecule has 0 aliphatic carbocycles. The van der Waals surface area contributed by atoms with Crippen molar-refractivity contribution in [1.82, 2.24) is 26.8 Å². The highest BCUT2D eigenvalue weighted by molar-refractivity contribution is 5.87. The van der Waals surface area contributed by atoms with Crippen molar-refractivity contribution in [3.05, 3.63) is 0 Å². The van der Waals surface area contributed by atoms with E-state index in [2.05, 4.69) is 52.8 Å². The number of hydrogen-bond acceptors (Lipinski definition) is 10. The molecule has 0 heterocycles. The lowest BCUT2D eigenvalue weighted by atomic mass is 9.49. The molecule has 0 aliphatic heterocycles. The lowest BCUT2D eigenvalue weighted by molar-refractivity contribution is -0.150. The number of nitrogens with zero attached hydrogens (tertiary/aromatic N) is 2. The highest BCUT2D eigenvalue weighted by Crippen LogP contribution is 2.57. The van der Waals surface area contributed by atoms with E-state index in [1.54, 1.807) is 55.4 Å². The van der Waals surface area contributed by atoms with Crippen LogP contribution in [0.1, 0.15) is 162 Å². The topological polar surface area (TPSA) is 249 Å². The fraction of sp³-hybridized carbons (Fsp3) is 0.837. The Labute approximate surface area is 351 Å². The zero-order chi connectivity index (χ0) is 46.2. The number of aliphatic hydroxyl groups is 1. The van der Waals surface area contributed by atoms with Crippen LogP contribution in [0.25, 0.3) is 0 Å². The molecular formula is C43H82N8O7. The van der Waals surface area contributed by atoms with E-state index in [1.165, 1.54) is 0 Å². The molecule has 8 N–H and O–H groups in total.